The zero-order chi connectivity index (χ0) is 20.4. The summed E-state index contributed by atoms with van der Waals surface area (Å²) in [5.74, 6) is 1.24. The van der Waals surface area contributed by atoms with Gasteiger partial charge in [-0.25, -0.2) is 4.98 Å². The van der Waals surface area contributed by atoms with Crippen molar-refractivity contribution in [2.24, 2.45) is 0 Å². The molecule has 0 aliphatic rings. The summed E-state index contributed by atoms with van der Waals surface area (Å²) in [5.41, 5.74) is 3.89. The van der Waals surface area contributed by atoms with E-state index in [1.165, 1.54) is 5.56 Å². The zero-order valence-corrected chi connectivity index (χ0v) is 16.9. The van der Waals surface area contributed by atoms with E-state index >= 15 is 0 Å². The molecule has 0 aliphatic carbocycles. The van der Waals surface area contributed by atoms with E-state index in [1.54, 1.807) is 11.1 Å². The van der Waals surface area contributed by atoms with Gasteiger partial charge in [-0.1, -0.05) is 62.4 Å². The molecule has 1 amide bonds. The highest BCUT2D eigenvalue weighted by atomic mass is 16.3. The molecule has 2 heterocycles. The standard InChI is InChI=1S/C25H24N2O2/c1-17(2)20-13-11-19(12-14-20)16-27(23-10-6-7-15-26-23)25(28)24-18(3)21-8-4-5-9-22(21)29-24/h4-15,17H,16H2,1-3H3. The van der Waals surface area contributed by atoms with E-state index in [4.69, 9.17) is 4.42 Å². The lowest BCUT2D eigenvalue weighted by molar-refractivity contribution is 0.0959. The number of furan rings is 1. The molecular weight excluding hydrogens is 360 g/mol. The molecule has 0 bridgehead atoms. The van der Waals surface area contributed by atoms with Crippen molar-refractivity contribution < 1.29 is 9.21 Å². The predicted molar refractivity (Wildman–Crippen MR) is 116 cm³/mol. The zero-order valence-electron chi connectivity index (χ0n) is 16.9. The monoisotopic (exact) mass is 384 g/mol. The third kappa shape index (κ3) is 3.79. The fourth-order valence-electron chi connectivity index (χ4n) is 3.46. The van der Waals surface area contributed by atoms with Gasteiger partial charge < -0.3 is 4.42 Å². The predicted octanol–water partition coefficient (Wildman–Crippen LogP) is 6.11. The average molecular weight is 384 g/mol. The Morgan fingerprint density at radius 3 is 2.38 bits per heavy atom. The molecule has 4 rings (SSSR count). The van der Waals surface area contributed by atoms with Crippen molar-refractivity contribution in [1.29, 1.82) is 0 Å². The van der Waals surface area contributed by atoms with Crippen LogP contribution in [0.1, 0.15) is 47.0 Å². The molecular formula is C25H24N2O2. The van der Waals surface area contributed by atoms with Gasteiger partial charge in [0.05, 0.1) is 6.54 Å². The summed E-state index contributed by atoms with van der Waals surface area (Å²) in [6.45, 7) is 6.68. The summed E-state index contributed by atoms with van der Waals surface area (Å²) in [6.07, 6.45) is 1.70. The quantitative estimate of drug-likeness (QED) is 0.417. The molecule has 146 valence electrons. The Morgan fingerprint density at radius 1 is 1.00 bits per heavy atom. The number of benzene rings is 2. The van der Waals surface area contributed by atoms with Crippen LogP contribution in [0, 0.1) is 6.92 Å². The first-order valence-corrected chi connectivity index (χ1v) is 9.84. The molecule has 2 aromatic carbocycles. The van der Waals surface area contributed by atoms with Crippen molar-refractivity contribution in [1.82, 2.24) is 4.98 Å². The maximum atomic E-state index is 13.5. The van der Waals surface area contributed by atoms with Crippen LogP contribution in [-0.4, -0.2) is 10.9 Å². The van der Waals surface area contributed by atoms with Crippen molar-refractivity contribution in [3.05, 3.63) is 95.4 Å². The minimum Gasteiger partial charge on any atom is -0.451 e. The normalized spacial score (nSPS) is 11.2. The van der Waals surface area contributed by atoms with E-state index in [2.05, 4.69) is 43.1 Å². The van der Waals surface area contributed by atoms with Crippen LogP contribution < -0.4 is 4.90 Å². The highest BCUT2D eigenvalue weighted by Gasteiger charge is 2.25. The van der Waals surface area contributed by atoms with E-state index in [-0.39, 0.29) is 5.91 Å². The Kier molecular flexibility index (Phi) is 5.17. The van der Waals surface area contributed by atoms with E-state index in [0.29, 0.717) is 24.0 Å². The molecule has 4 aromatic rings. The van der Waals surface area contributed by atoms with E-state index < -0.39 is 0 Å². The number of carbonyl (C=O) groups is 1. The lowest BCUT2D eigenvalue weighted by Gasteiger charge is -2.21. The number of hydrogen-bond acceptors (Lipinski definition) is 3. The maximum Gasteiger partial charge on any atom is 0.295 e. The topological polar surface area (TPSA) is 46.3 Å². The third-order valence-corrected chi connectivity index (χ3v) is 5.20. The number of para-hydroxylation sites is 1. The summed E-state index contributed by atoms with van der Waals surface area (Å²) in [7, 11) is 0. The number of pyridine rings is 1. The minimum absolute atomic E-state index is 0.190. The van der Waals surface area contributed by atoms with Gasteiger partial charge in [0.15, 0.2) is 5.76 Å². The van der Waals surface area contributed by atoms with Gasteiger partial charge in [0.25, 0.3) is 5.91 Å². The second kappa shape index (κ2) is 7.92. The number of rotatable bonds is 5. The first-order chi connectivity index (χ1) is 14.0. The summed E-state index contributed by atoms with van der Waals surface area (Å²) < 4.78 is 5.93. The van der Waals surface area contributed by atoms with E-state index in [9.17, 15) is 4.79 Å². The van der Waals surface area contributed by atoms with Gasteiger partial charge in [-0.2, -0.15) is 0 Å². The van der Waals surface area contributed by atoms with Crippen LogP contribution in [0.4, 0.5) is 5.82 Å². The molecule has 0 saturated heterocycles. The first kappa shape index (κ1) is 18.9. The van der Waals surface area contributed by atoms with Gasteiger partial charge in [-0.15, -0.1) is 0 Å². The molecule has 4 nitrogen and oxygen atoms in total. The fraction of sp³-hybridized carbons (Fsp3) is 0.200. The summed E-state index contributed by atoms with van der Waals surface area (Å²) in [5, 5.41) is 0.957. The summed E-state index contributed by atoms with van der Waals surface area (Å²) >= 11 is 0. The van der Waals surface area contributed by atoms with Crippen LogP contribution in [0.2, 0.25) is 0 Å². The van der Waals surface area contributed by atoms with Crippen LogP contribution in [0.5, 0.6) is 0 Å². The highest BCUT2D eigenvalue weighted by molar-refractivity contribution is 6.07. The molecule has 0 saturated carbocycles. The van der Waals surface area contributed by atoms with Crippen LogP contribution >= 0.6 is 0 Å². The second-order valence-electron chi connectivity index (χ2n) is 7.53. The number of hydrogen-bond donors (Lipinski definition) is 0. The first-order valence-electron chi connectivity index (χ1n) is 9.84. The van der Waals surface area contributed by atoms with Gasteiger partial charge in [0, 0.05) is 17.1 Å². The summed E-state index contributed by atoms with van der Waals surface area (Å²) in [6, 6.07) is 21.7. The molecule has 2 aromatic heterocycles. The van der Waals surface area contributed by atoms with Crippen molar-refractivity contribution in [3.63, 3.8) is 0 Å². The van der Waals surface area contributed by atoms with Crippen LogP contribution in [0.3, 0.4) is 0 Å². The van der Waals surface area contributed by atoms with Crippen molar-refractivity contribution >= 4 is 22.7 Å². The molecule has 0 unspecified atom stereocenters. The van der Waals surface area contributed by atoms with Crippen LogP contribution in [0.15, 0.2) is 77.3 Å². The Morgan fingerprint density at radius 2 is 1.72 bits per heavy atom. The van der Waals surface area contributed by atoms with Gasteiger partial charge >= 0.3 is 0 Å². The molecule has 0 fully saturated rings. The van der Waals surface area contributed by atoms with Gasteiger partial charge in [-0.3, -0.25) is 9.69 Å². The fourth-order valence-corrected chi connectivity index (χ4v) is 3.46. The van der Waals surface area contributed by atoms with Crippen molar-refractivity contribution in [2.45, 2.75) is 33.2 Å². The van der Waals surface area contributed by atoms with Crippen LogP contribution in [0.25, 0.3) is 11.0 Å². The number of aryl methyl sites for hydroxylation is 1. The highest BCUT2D eigenvalue weighted by Crippen LogP contribution is 2.28. The molecule has 29 heavy (non-hydrogen) atoms. The lowest BCUT2D eigenvalue weighted by atomic mass is 10.0. The minimum atomic E-state index is -0.190. The number of fused-ring (bicyclic) bond motifs is 1. The Labute approximate surface area is 170 Å². The van der Waals surface area contributed by atoms with E-state index in [0.717, 1.165) is 22.1 Å². The third-order valence-electron chi connectivity index (χ3n) is 5.20. The SMILES string of the molecule is Cc1c(C(=O)N(Cc2ccc(C(C)C)cc2)c2ccccn2)oc2ccccc12. The molecule has 0 N–H and O–H groups in total. The molecule has 0 radical (unpaired) electrons. The van der Waals surface area contributed by atoms with Crippen LogP contribution in [-0.2, 0) is 6.54 Å². The average Bonchev–Trinajstić information content (AvgIpc) is 3.09. The van der Waals surface area contributed by atoms with Crippen molar-refractivity contribution in [2.75, 3.05) is 4.90 Å². The lowest BCUT2D eigenvalue weighted by Crippen LogP contribution is -2.31. The molecule has 4 heteroatoms. The number of carbonyl (C=O) groups excluding carboxylic acids is 1. The van der Waals surface area contributed by atoms with Gasteiger partial charge in [-0.05, 0) is 42.2 Å². The Hall–Kier alpha value is -3.40. The number of anilines is 1. The largest absolute Gasteiger partial charge is 0.451 e. The van der Waals surface area contributed by atoms with Gasteiger partial charge in [0.2, 0.25) is 0 Å². The van der Waals surface area contributed by atoms with E-state index in [1.807, 2.05) is 49.4 Å². The summed E-state index contributed by atoms with van der Waals surface area (Å²) in [4.78, 5) is 19.6. The smallest absolute Gasteiger partial charge is 0.295 e. The number of aromatic nitrogens is 1. The molecule has 0 spiro atoms. The number of amides is 1. The van der Waals surface area contributed by atoms with Gasteiger partial charge in [0.1, 0.15) is 11.4 Å². The number of nitrogens with zero attached hydrogens (tertiary/aromatic N) is 2. The maximum absolute atomic E-state index is 13.5. The molecule has 0 aliphatic heterocycles. The second-order valence-corrected chi connectivity index (χ2v) is 7.53. The molecule has 0 atom stereocenters. The Bertz CT molecular complexity index is 1130. The van der Waals surface area contributed by atoms with Crippen molar-refractivity contribution in [3.8, 4) is 0 Å². The Balaban J connectivity index is 1.72.